The number of hydrogen-bond donors (Lipinski definition) is 1. The lowest BCUT2D eigenvalue weighted by Crippen LogP contribution is -2.18. The smallest absolute Gasteiger partial charge is 0.433 e. The molecule has 1 aromatic rings. The van der Waals surface area contributed by atoms with E-state index < -0.39 is 41.2 Å². The van der Waals surface area contributed by atoms with Gasteiger partial charge in [-0.15, -0.1) is 0 Å². The van der Waals surface area contributed by atoms with Crippen LogP contribution in [0.1, 0.15) is 28.2 Å². The Morgan fingerprint density at radius 1 is 1.44 bits per heavy atom. The maximum Gasteiger partial charge on any atom is 0.433 e. The highest BCUT2D eigenvalue weighted by Gasteiger charge is 2.40. The Kier molecular flexibility index (Phi) is 3.73. The monoisotopic (exact) mass is 270 g/mol. The van der Waals surface area contributed by atoms with Crippen molar-refractivity contribution in [2.75, 3.05) is 12.8 Å². The molecule has 9 heteroatoms. The SMILES string of the molecule is COC(=O)c1cc(N)c(C(F)F)c(C(F)(F)F)n1. The number of carbonyl (C=O) groups is 1. The standard InChI is InChI=1S/C9H7F5N2O2/c1-18-8(17)4-2-3(15)5(7(10)11)6(16-4)9(12,13)14/h2,7H,1H3,(H2,15,16). The molecule has 1 aromatic heterocycles. The Bertz CT molecular complexity index is 473. The van der Waals surface area contributed by atoms with Gasteiger partial charge < -0.3 is 10.5 Å². The third-order valence-electron chi connectivity index (χ3n) is 1.97. The Balaban J connectivity index is 3.52. The predicted octanol–water partition coefficient (Wildman–Crippen LogP) is 2.41. The van der Waals surface area contributed by atoms with E-state index in [-0.39, 0.29) is 0 Å². The number of rotatable bonds is 2. The van der Waals surface area contributed by atoms with Crippen molar-refractivity contribution in [3.63, 3.8) is 0 Å². The van der Waals surface area contributed by atoms with E-state index in [4.69, 9.17) is 5.73 Å². The summed E-state index contributed by atoms with van der Waals surface area (Å²) in [6, 6.07) is 0.614. The van der Waals surface area contributed by atoms with Crippen LogP contribution in [-0.2, 0) is 10.9 Å². The lowest BCUT2D eigenvalue weighted by atomic mass is 10.1. The van der Waals surface area contributed by atoms with Crippen LogP contribution in [0.25, 0.3) is 0 Å². The van der Waals surface area contributed by atoms with Gasteiger partial charge in [-0.25, -0.2) is 18.6 Å². The van der Waals surface area contributed by atoms with Crippen LogP contribution < -0.4 is 5.73 Å². The summed E-state index contributed by atoms with van der Waals surface area (Å²) in [5.41, 5.74) is 0.0915. The van der Waals surface area contributed by atoms with E-state index in [1.807, 2.05) is 0 Å². The lowest BCUT2D eigenvalue weighted by molar-refractivity contribution is -0.143. The quantitative estimate of drug-likeness (QED) is 0.662. The minimum atomic E-state index is -5.15. The number of nitrogens with zero attached hydrogens (tertiary/aromatic N) is 1. The summed E-state index contributed by atoms with van der Waals surface area (Å²) in [6.45, 7) is 0. The fourth-order valence-corrected chi connectivity index (χ4v) is 1.23. The molecule has 0 bridgehead atoms. The summed E-state index contributed by atoms with van der Waals surface area (Å²) >= 11 is 0. The number of pyridine rings is 1. The van der Waals surface area contributed by atoms with E-state index in [0.717, 1.165) is 7.11 Å². The minimum absolute atomic E-state index is 0.614. The van der Waals surface area contributed by atoms with Gasteiger partial charge in [0.05, 0.1) is 12.7 Å². The Labute approximate surface area is 97.6 Å². The Morgan fingerprint density at radius 2 is 2.00 bits per heavy atom. The number of esters is 1. The molecule has 0 aliphatic heterocycles. The zero-order chi connectivity index (χ0) is 14.1. The molecular formula is C9H7F5N2O2. The number of aromatic nitrogens is 1. The molecule has 4 nitrogen and oxygen atoms in total. The molecule has 0 fully saturated rings. The zero-order valence-corrected chi connectivity index (χ0v) is 8.89. The van der Waals surface area contributed by atoms with Crippen molar-refractivity contribution in [2.45, 2.75) is 12.6 Å². The maximum atomic E-state index is 12.5. The van der Waals surface area contributed by atoms with E-state index in [1.165, 1.54) is 0 Å². The first kappa shape index (κ1) is 14.1. The molecule has 0 spiro atoms. The molecule has 0 aliphatic carbocycles. The number of carbonyl (C=O) groups excluding carboxylic acids is 1. The molecule has 0 unspecified atom stereocenters. The first-order valence-corrected chi connectivity index (χ1v) is 4.42. The van der Waals surface area contributed by atoms with Crippen molar-refractivity contribution in [3.05, 3.63) is 23.0 Å². The second-order valence-corrected chi connectivity index (χ2v) is 3.15. The van der Waals surface area contributed by atoms with Gasteiger partial charge in [0.1, 0.15) is 0 Å². The third-order valence-corrected chi connectivity index (χ3v) is 1.97. The number of nitrogens with two attached hydrogens (primary N) is 1. The molecule has 0 saturated heterocycles. The fourth-order valence-electron chi connectivity index (χ4n) is 1.23. The number of anilines is 1. The van der Waals surface area contributed by atoms with Crippen molar-refractivity contribution in [1.29, 1.82) is 0 Å². The molecule has 18 heavy (non-hydrogen) atoms. The van der Waals surface area contributed by atoms with Gasteiger partial charge in [0.15, 0.2) is 11.4 Å². The van der Waals surface area contributed by atoms with Gasteiger partial charge in [0, 0.05) is 5.69 Å². The van der Waals surface area contributed by atoms with E-state index in [1.54, 1.807) is 0 Å². The number of nitrogen functional groups attached to an aromatic ring is 1. The van der Waals surface area contributed by atoms with E-state index >= 15 is 0 Å². The van der Waals surface area contributed by atoms with Crippen LogP contribution in [0, 0.1) is 0 Å². The molecule has 0 saturated carbocycles. The molecule has 100 valence electrons. The first-order chi connectivity index (χ1) is 8.18. The van der Waals surface area contributed by atoms with Crippen LogP contribution in [0.2, 0.25) is 0 Å². The van der Waals surface area contributed by atoms with Crippen LogP contribution in [0.4, 0.5) is 27.6 Å². The number of alkyl halides is 5. The molecule has 1 rings (SSSR count). The van der Waals surface area contributed by atoms with Gasteiger partial charge >= 0.3 is 12.1 Å². The molecule has 2 N–H and O–H groups in total. The molecule has 0 radical (unpaired) electrons. The summed E-state index contributed by atoms with van der Waals surface area (Å²) < 4.78 is 66.7. The molecular weight excluding hydrogens is 263 g/mol. The van der Waals surface area contributed by atoms with Crippen LogP contribution in [0.5, 0.6) is 0 Å². The highest BCUT2D eigenvalue weighted by Crippen LogP contribution is 2.38. The van der Waals surface area contributed by atoms with Crippen molar-refractivity contribution in [1.82, 2.24) is 4.98 Å². The Morgan fingerprint density at radius 3 is 2.39 bits per heavy atom. The second-order valence-electron chi connectivity index (χ2n) is 3.15. The van der Waals surface area contributed by atoms with Crippen LogP contribution in [0.15, 0.2) is 6.07 Å². The summed E-state index contributed by atoms with van der Waals surface area (Å²) in [7, 11) is 0.911. The number of halogens is 5. The predicted molar refractivity (Wildman–Crippen MR) is 49.9 cm³/mol. The van der Waals surface area contributed by atoms with Crippen molar-refractivity contribution in [2.24, 2.45) is 0 Å². The lowest BCUT2D eigenvalue weighted by Gasteiger charge is -2.14. The largest absolute Gasteiger partial charge is 0.464 e. The average molecular weight is 270 g/mol. The normalized spacial score (nSPS) is 11.7. The average Bonchev–Trinajstić information content (AvgIpc) is 2.25. The van der Waals surface area contributed by atoms with Crippen molar-refractivity contribution >= 4 is 11.7 Å². The molecule has 0 aromatic carbocycles. The topological polar surface area (TPSA) is 65.2 Å². The summed E-state index contributed by atoms with van der Waals surface area (Å²) in [5.74, 6) is -1.20. The summed E-state index contributed by atoms with van der Waals surface area (Å²) in [4.78, 5) is 13.9. The van der Waals surface area contributed by atoms with Crippen molar-refractivity contribution < 1.29 is 31.5 Å². The Hall–Kier alpha value is -1.93. The zero-order valence-electron chi connectivity index (χ0n) is 8.89. The highest BCUT2D eigenvalue weighted by molar-refractivity contribution is 5.88. The van der Waals surface area contributed by atoms with Gasteiger partial charge in [-0.05, 0) is 6.07 Å². The van der Waals surface area contributed by atoms with Crippen LogP contribution >= 0.6 is 0 Å². The minimum Gasteiger partial charge on any atom is -0.464 e. The van der Waals surface area contributed by atoms with Crippen molar-refractivity contribution in [3.8, 4) is 0 Å². The molecule has 0 amide bonds. The molecule has 1 heterocycles. The molecule has 0 atom stereocenters. The van der Waals surface area contributed by atoms with Gasteiger partial charge in [0.2, 0.25) is 0 Å². The van der Waals surface area contributed by atoms with Gasteiger partial charge in [-0.2, -0.15) is 13.2 Å². The van der Waals surface area contributed by atoms with Gasteiger partial charge in [-0.3, -0.25) is 0 Å². The first-order valence-electron chi connectivity index (χ1n) is 4.42. The van der Waals surface area contributed by atoms with E-state index in [0.29, 0.717) is 6.07 Å². The third kappa shape index (κ3) is 2.66. The van der Waals surface area contributed by atoms with Gasteiger partial charge in [0.25, 0.3) is 6.43 Å². The maximum absolute atomic E-state index is 12.5. The van der Waals surface area contributed by atoms with Crippen LogP contribution in [0.3, 0.4) is 0 Å². The van der Waals surface area contributed by atoms with E-state index in [2.05, 4.69) is 9.72 Å². The van der Waals surface area contributed by atoms with Gasteiger partial charge in [-0.1, -0.05) is 0 Å². The fraction of sp³-hybridized carbons (Fsp3) is 0.333. The second kappa shape index (κ2) is 4.75. The summed E-state index contributed by atoms with van der Waals surface area (Å²) in [6.07, 6.45) is -8.61. The highest BCUT2D eigenvalue weighted by atomic mass is 19.4. The number of ether oxygens (including phenoxy) is 1. The van der Waals surface area contributed by atoms with Crippen LogP contribution in [-0.4, -0.2) is 18.1 Å². The number of hydrogen-bond acceptors (Lipinski definition) is 4. The molecule has 0 aliphatic rings. The number of methoxy groups -OCH3 is 1. The summed E-state index contributed by atoms with van der Waals surface area (Å²) in [5, 5.41) is 0. The van der Waals surface area contributed by atoms with E-state index in [9.17, 15) is 26.7 Å².